The van der Waals surface area contributed by atoms with Crippen molar-refractivity contribution in [1.82, 2.24) is 9.80 Å². The van der Waals surface area contributed by atoms with Gasteiger partial charge in [-0.2, -0.15) is 13.2 Å². The molecule has 7 heteroatoms. The minimum Gasteiger partial charge on any atom is -0.342 e. The van der Waals surface area contributed by atoms with E-state index in [1.165, 1.54) is 11.8 Å². The first kappa shape index (κ1) is 17.8. The Bertz CT molecular complexity index is 689. The van der Waals surface area contributed by atoms with Gasteiger partial charge in [0.2, 0.25) is 11.8 Å². The molecule has 3 atom stereocenters. The van der Waals surface area contributed by atoms with Crippen molar-refractivity contribution in [3.05, 3.63) is 35.4 Å². The van der Waals surface area contributed by atoms with Crippen molar-refractivity contribution in [2.45, 2.75) is 32.5 Å². The third-order valence-corrected chi connectivity index (χ3v) is 5.28. The maximum Gasteiger partial charge on any atom is 0.397 e. The minimum absolute atomic E-state index is 0.0192. The normalized spacial score (nSPS) is 26.0. The van der Waals surface area contributed by atoms with E-state index in [1.807, 2.05) is 31.2 Å². The molecule has 3 rings (SSSR count). The van der Waals surface area contributed by atoms with Gasteiger partial charge in [0, 0.05) is 38.4 Å². The molecule has 1 aromatic rings. The van der Waals surface area contributed by atoms with Gasteiger partial charge in [-0.1, -0.05) is 24.3 Å². The molecule has 2 saturated heterocycles. The van der Waals surface area contributed by atoms with Gasteiger partial charge in [-0.15, -0.1) is 0 Å². The van der Waals surface area contributed by atoms with Crippen LogP contribution in [-0.2, 0) is 9.59 Å². The van der Waals surface area contributed by atoms with E-state index in [0.717, 1.165) is 11.1 Å². The number of carbonyl (C=O) groups is 2. The molecule has 1 aromatic carbocycles. The summed E-state index contributed by atoms with van der Waals surface area (Å²) in [6.45, 7) is 4.50. The maximum atomic E-state index is 12.5. The fraction of sp³-hybridized carbons (Fsp3) is 0.556. The van der Waals surface area contributed by atoms with Crippen LogP contribution in [0.3, 0.4) is 0 Å². The molecule has 0 aromatic heterocycles. The fourth-order valence-corrected chi connectivity index (χ4v) is 4.17. The smallest absolute Gasteiger partial charge is 0.342 e. The number of likely N-dealkylation sites (tertiary alicyclic amines) is 2. The zero-order valence-corrected chi connectivity index (χ0v) is 14.2. The molecule has 0 saturated carbocycles. The highest BCUT2D eigenvalue weighted by Gasteiger charge is 2.50. The van der Waals surface area contributed by atoms with Gasteiger partial charge in [-0.25, -0.2) is 0 Å². The predicted octanol–water partition coefficient (Wildman–Crippen LogP) is 2.93. The first-order valence-corrected chi connectivity index (χ1v) is 8.34. The van der Waals surface area contributed by atoms with Crippen LogP contribution in [0.5, 0.6) is 0 Å². The van der Waals surface area contributed by atoms with E-state index >= 15 is 0 Å². The standard InChI is InChI=1S/C18H21F3N2O2/c1-11-5-3-4-6-14(11)17-15-10-22(16(25)7-18(19,20)21)8-13(15)9-23(17)12(2)24/h3-6,13,15,17H,7-10H2,1-2H3/t13-,15-,17+/m1/s1. The molecule has 2 aliphatic heterocycles. The average Bonchev–Trinajstić information content (AvgIpc) is 3.04. The lowest BCUT2D eigenvalue weighted by atomic mass is 9.87. The fourth-order valence-electron chi connectivity index (χ4n) is 4.17. The molecule has 0 spiro atoms. The Morgan fingerprint density at radius 2 is 1.84 bits per heavy atom. The molecule has 0 N–H and O–H groups in total. The highest BCUT2D eigenvalue weighted by molar-refractivity contribution is 5.78. The van der Waals surface area contributed by atoms with E-state index in [1.54, 1.807) is 4.90 Å². The molecule has 0 bridgehead atoms. The van der Waals surface area contributed by atoms with Crippen LogP contribution in [-0.4, -0.2) is 47.4 Å². The molecule has 0 unspecified atom stereocenters. The van der Waals surface area contributed by atoms with Crippen LogP contribution in [0, 0.1) is 18.8 Å². The predicted molar refractivity (Wildman–Crippen MR) is 85.5 cm³/mol. The first-order valence-electron chi connectivity index (χ1n) is 8.34. The number of rotatable bonds is 2. The summed E-state index contributed by atoms with van der Waals surface area (Å²) in [4.78, 5) is 27.1. The van der Waals surface area contributed by atoms with Gasteiger partial charge in [0.1, 0.15) is 6.42 Å². The van der Waals surface area contributed by atoms with Gasteiger partial charge in [-0.05, 0) is 18.1 Å². The first-order chi connectivity index (χ1) is 11.7. The second kappa shape index (κ2) is 6.35. The maximum absolute atomic E-state index is 12.5. The van der Waals surface area contributed by atoms with Gasteiger partial charge >= 0.3 is 6.18 Å². The lowest BCUT2D eigenvalue weighted by Crippen LogP contribution is -2.38. The lowest BCUT2D eigenvalue weighted by Gasteiger charge is -2.30. The molecule has 0 aliphatic carbocycles. The summed E-state index contributed by atoms with van der Waals surface area (Å²) in [6.07, 6.45) is -5.91. The second-order valence-corrected chi connectivity index (χ2v) is 6.99. The van der Waals surface area contributed by atoms with E-state index in [9.17, 15) is 22.8 Å². The number of fused-ring (bicyclic) bond motifs is 1. The summed E-state index contributed by atoms with van der Waals surface area (Å²) in [7, 11) is 0. The van der Waals surface area contributed by atoms with Crippen molar-refractivity contribution in [3.63, 3.8) is 0 Å². The number of carbonyl (C=O) groups excluding carboxylic acids is 2. The Kier molecular flexibility index (Phi) is 4.51. The van der Waals surface area contributed by atoms with Crippen LogP contribution < -0.4 is 0 Å². The second-order valence-electron chi connectivity index (χ2n) is 6.99. The van der Waals surface area contributed by atoms with E-state index in [4.69, 9.17) is 0 Å². The number of amides is 2. The molecule has 2 heterocycles. The number of halogens is 3. The zero-order valence-electron chi connectivity index (χ0n) is 14.2. The lowest BCUT2D eigenvalue weighted by molar-refractivity contribution is -0.160. The van der Waals surface area contributed by atoms with Crippen molar-refractivity contribution >= 4 is 11.8 Å². The van der Waals surface area contributed by atoms with Gasteiger partial charge in [0.05, 0.1) is 6.04 Å². The summed E-state index contributed by atoms with van der Waals surface area (Å²) in [5, 5.41) is 0. The number of benzene rings is 1. The average molecular weight is 354 g/mol. The molecule has 2 fully saturated rings. The monoisotopic (exact) mass is 354 g/mol. The van der Waals surface area contributed by atoms with E-state index in [0.29, 0.717) is 6.54 Å². The Labute approximate surface area is 144 Å². The van der Waals surface area contributed by atoms with Crippen molar-refractivity contribution in [1.29, 1.82) is 0 Å². The van der Waals surface area contributed by atoms with Gasteiger partial charge < -0.3 is 9.80 Å². The molecular formula is C18H21F3N2O2. The van der Waals surface area contributed by atoms with Gasteiger partial charge in [-0.3, -0.25) is 9.59 Å². The summed E-state index contributed by atoms with van der Waals surface area (Å²) in [5.41, 5.74) is 2.05. The van der Waals surface area contributed by atoms with Crippen LogP contribution in [0.25, 0.3) is 0 Å². The zero-order chi connectivity index (χ0) is 18.4. The van der Waals surface area contributed by atoms with Gasteiger partial charge in [0.15, 0.2) is 0 Å². The van der Waals surface area contributed by atoms with E-state index < -0.39 is 18.5 Å². The number of hydrogen-bond donors (Lipinski definition) is 0. The highest BCUT2D eigenvalue weighted by atomic mass is 19.4. The third kappa shape index (κ3) is 3.50. The number of nitrogens with zero attached hydrogens (tertiary/aromatic N) is 2. The largest absolute Gasteiger partial charge is 0.397 e. The van der Waals surface area contributed by atoms with Crippen LogP contribution in [0.2, 0.25) is 0 Å². The third-order valence-electron chi connectivity index (χ3n) is 5.28. The summed E-state index contributed by atoms with van der Waals surface area (Å²) in [6, 6.07) is 7.54. The summed E-state index contributed by atoms with van der Waals surface area (Å²) in [5.74, 6) is -0.927. The molecule has 4 nitrogen and oxygen atoms in total. The van der Waals surface area contributed by atoms with Crippen molar-refractivity contribution in [2.75, 3.05) is 19.6 Å². The molecule has 25 heavy (non-hydrogen) atoms. The Balaban J connectivity index is 1.84. The quantitative estimate of drug-likeness (QED) is 0.819. The highest BCUT2D eigenvalue weighted by Crippen LogP contribution is 2.46. The van der Waals surface area contributed by atoms with Crippen LogP contribution in [0.1, 0.15) is 30.5 Å². The molecule has 2 amide bonds. The summed E-state index contributed by atoms with van der Waals surface area (Å²) >= 11 is 0. The van der Waals surface area contributed by atoms with Gasteiger partial charge in [0.25, 0.3) is 0 Å². The summed E-state index contributed by atoms with van der Waals surface area (Å²) < 4.78 is 37.5. The molecule has 0 radical (unpaired) electrons. The van der Waals surface area contributed by atoms with Crippen molar-refractivity contribution in [2.24, 2.45) is 11.8 Å². The Morgan fingerprint density at radius 3 is 2.44 bits per heavy atom. The van der Waals surface area contributed by atoms with Crippen LogP contribution in [0.4, 0.5) is 13.2 Å². The van der Waals surface area contributed by atoms with E-state index in [-0.39, 0.29) is 36.9 Å². The van der Waals surface area contributed by atoms with Crippen molar-refractivity contribution in [3.8, 4) is 0 Å². The van der Waals surface area contributed by atoms with Crippen LogP contribution >= 0.6 is 0 Å². The Morgan fingerprint density at radius 1 is 1.16 bits per heavy atom. The van der Waals surface area contributed by atoms with E-state index in [2.05, 4.69) is 0 Å². The van der Waals surface area contributed by atoms with Crippen molar-refractivity contribution < 1.29 is 22.8 Å². The van der Waals surface area contributed by atoms with Crippen LogP contribution in [0.15, 0.2) is 24.3 Å². The molecule has 136 valence electrons. The molecule has 2 aliphatic rings. The number of alkyl halides is 3. The number of hydrogen-bond acceptors (Lipinski definition) is 2. The molecular weight excluding hydrogens is 333 g/mol. The Hall–Kier alpha value is -2.05. The number of aryl methyl sites for hydroxylation is 1. The minimum atomic E-state index is -4.49. The SMILES string of the molecule is CC(=O)N1C[C@H]2CN(C(=O)CC(F)(F)F)C[C@H]2[C@@H]1c1ccccc1C. The topological polar surface area (TPSA) is 40.6 Å².